The van der Waals surface area contributed by atoms with Crippen molar-refractivity contribution in [2.45, 2.75) is 13.3 Å². The van der Waals surface area contributed by atoms with Gasteiger partial charge in [0, 0.05) is 6.54 Å². The van der Waals surface area contributed by atoms with E-state index in [0.717, 1.165) is 18.7 Å². The number of nitrogens with zero attached hydrogens (tertiary/aromatic N) is 1. The largest absolute Gasteiger partial charge is 0.384 e. The van der Waals surface area contributed by atoms with E-state index in [1.165, 1.54) is 11.1 Å². The molecule has 3 heteroatoms. The molecule has 0 saturated heterocycles. The lowest BCUT2D eigenvalue weighted by Crippen LogP contribution is -2.06. The summed E-state index contributed by atoms with van der Waals surface area (Å²) in [6.07, 6.45) is 2.77. The van der Waals surface area contributed by atoms with Gasteiger partial charge < -0.3 is 11.1 Å². The molecule has 0 unspecified atom stereocenters. The summed E-state index contributed by atoms with van der Waals surface area (Å²) >= 11 is 0. The Kier molecular flexibility index (Phi) is 3.60. The van der Waals surface area contributed by atoms with Crippen LogP contribution in [0.5, 0.6) is 0 Å². The molecule has 0 aliphatic heterocycles. The van der Waals surface area contributed by atoms with Gasteiger partial charge in [0.15, 0.2) is 0 Å². The van der Waals surface area contributed by atoms with E-state index in [2.05, 4.69) is 41.5 Å². The lowest BCUT2D eigenvalue weighted by atomic mass is 10.1. The molecule has 0 radical (unpaired) electrons. The summed E-state index contributed by atoms with van der Waals surface area (Å²) in [5.41, 5.74) is 9.25. The van der Waals surface area contributed by atoms with Gasteiger partial charge in [0.2, 0.25) is 0 Å². The molecule has 2 aromatic rings. The van der Waals surface area contributed by atoms with Crippen LogP contribution in [-0.4, -0.2) is 11.5 Å². The van der Waals surface area contributed by atoms with Gasteiger partial charge in [0.05, 0.1) is 11.9 Å². The third kappa shape index (κ3) is 3.21. The number of benzene rings is 1. The lowest BCUT2D eigenvalue weighted by molar-refractivity contribution is 1.00. The fourth-order valence-electron chi connectivity index (χ4n) is 1.74. The van der Waals surface area contributed by atoms with Crippen LogP contribution in [0.4, 0.5) is 11.5 Å². The molecule has 3 N–H and O–H groups in total. The van der Waals surface area contributed by atoms with Crippen LogP contribution in [0.15, 0.2) is 42.6 Å². The molecule has 3 nitrogen and oxygen atoms in total. The Bertz CT molecular complexity index is 477. The van der Waals surface area contributed by atoms with Crippen LogP contribution >= 0.6 is 0 Å². The quantitative estimate of drug-likeness (QED) is 0.844. The second-order valence-corrected chi connectivity index (χ2v) is 4.08. The second kappa shape index (κ2) is 5.34. The Morgan fingerprint density at radius 1 is 1.18 bits per heavy atom. The molecule has 17 heavy (non-hydrogen) atoms. The zero-order chi connectivity index (χ0) is 12.1. The van der Waals surface area contributed by atoms with Gasteiger partial charge in [-0.25, -0.2) is 4.98 Å². The fourth-order valence-corrected chi connectivity index (χ4v) is 1.74. The standard InChI is InChI=1S/C14H17N3/c1-11-4-2-3-5-12(11)8-9-16-13-6-7-14(15)17-10-13/h2-7,10,16H,8-9H2,1H3,(H2,15,17). The number of rotatable bonds is 4. The molecule has 0 spiro atoms. The van der Waals surface area contributed by atoms with Crippen LogP contribution in [0.2, 0.25) is 0 Å². The lowest BCUT2D eigenvalue weighted by Gasteiger charge is -2.08. The molecule has 0 bridgehead atoms. The molecular formula is C14H17N3. The number of pyridine rings is 1. The first-order chi connectivity index (χ1) is 8.25. The van der Waals surface area contributed by atoms with Crippen molar-refractivity contribution in [1.82, 2.24) is 4.98 Å². The van der Waals surface area contributed by atoms with E-state index >= 15 is 0 Å². The molecule has 0 aliphatic rings. The smallest absolute Gasteiger partial charge is 0.123 e. The maximum Gasteiger partial charge on any atom is 0.123 e. The van der Waals surface area contributed by atoms with Crippen LogP contribution < -0.4 is 11.1 Å². The second-order valence-electron chi connectivity index (χ2n) is 4.08. The molecular weight excluding hydrogens is 210 g/mol. The molecule has 1 heterocycles. The number of aromatic nitrogens is 1. The first kappa shape index (κ1) is 11.5. The van der Waals surface area contributed by atoms with Crippen molar-refractivity contribution < 1.29 is 0 Å². The zero-order valence-corrected chi connectivity index (χ0v) is 9.98. The van der Waals surface area contributed by atoms with E-state index in [0.29, 0.717) is 5.82 Å². The van der Waals surface area contributed by atoms with Crippen LogP contribution in [0.1, 0.15) is 11.1 Å². The van der Waals surface area contributed by atoms with E-state index in [1.807, 2.05) is 6.07 Å². The van der Waals surface area contributed by atoms with Gasteiger partial charge in [-0.05, 0) is 36.6 Å². The minimum atomic E-state index is 0.550. The summed E-state index contributed by atoms with van der Waals surface area (Å²) in [5, 5.41) is 3.33. The van der Waals surface area contributed by atoms with Gasteiger partial charge in [0.25, 0.3) is 0 Å². The molecule has 0 amide bonds. The fraction of sp³-hybridized carbons (Fsp3) is 0.214. The predicted octanol–water partition coefficient (Wildman–Crippen LogP) is 2.63. The molecule has 1 aromatic carbocycles. The Morgan fingerprint density at radius 3 is 2.71 bits per heavy atom. The van der Waals surface area contributed by atoms with Gasteiger partial charge in [-0.15, -0.1) is 0 Å². The maximum atomic E-state index is 5.53. The van der Waals surface area contributed by atoms with E-state index in [4.69, 9.17) is 5.73 Å². The molecule has 0 saturated carbocycles. The number of nitrogens with two attached hydrogens (primary N) is 1. The third-order valence-electron chi connectivity index (χ3n) is 2.77. The van der Waals surface area contributed by atoms with Gasteiger partial charge in [-0.1, -0.05) is 24.3 Å². The highest BCUT2D eigenvalue weighted by Crippen LogP contribution is 2.10. The summed E-state index contributed by atoms with van der Waals surface area (Å²) in [5.74, 6) is 0.550. The Labute approximate surface area is 102 Å². The van der Waals surface area contributed by atoms with E-state index in [-0.39, 0.29) is 0 Å². The maximum absolute atomic E-state index is 5.53. The summed E-state index contributed by atoms with van der Waals surface area (Å²) in [6, 6.07) is 12.2. The highest BCUT2D eigenvalue weighted by atomic mass is 14.9. The molecule has 88 valence electrons. The monoisotopic (exact) mass is 227 g/mol. The normalized spacial score (nSPS) is 10.2. The average molecular weight is 227 g/mol. The van der Waals surface area contributed by atoms with Crippen LogP contribution in [0, 0.1) is 6.92 Å². The van der Waals surface area contributed by atoms with Crippen molar-refractivity contribution in [2.24, 2.45) is 0 Å². The van der Waals surface area contributed by atoms with Crippen LogP contribution in [0.25, 0.3) is 0 Å². The Hall–Kier alpha value is -2.03. The SMILES string of the molecule is Cc1ccccc1CCNc1ccc(N)nc1. The van der Waals surface area contributed by atoms with Gasteiger partial charge in [-0.2, -0.15) is 0 Å². The molecule has 1 aromatic heterocycles. The summed E-state index contributed by atoms with van der Waals surface area (Å²) < 4.78 is 0. The van der Waals surface area contributed by atoms with Crippen molar-refractivity contribution in [3.8, 4) is 0 Å². The topological polar surface area (TPSA) is 50.9 Å². The molecule has 0 fully saturated rings. The van der Waals surface area contributed by atoms with E-state index in [1.54, 1.807) is 12.3 Å². The third-order valence-corrected chi connectivity index (χ3v) is 2.77. The van der Waals surface area contributed by atoms with Crippen molar-refractivity contribution in [3.63, 3.8) is 0 Å². The first-order valence-corrected chi connectivity index (χ1v) is 5.75. The molecule has 0 atom stereocenters. The summed E-state index contributed by atoms with van der Waals surface area (Å²) in [4.78, 5) is 4.04. The molecule has 2 rings (SSSR count). The van der Waals surface area contributed by atoms with Gasteiger partial charge in [0.1, 0.15) is 5.82 Å². The van der Waals surface area contributed by atoms with E-state index in [9.17, 15) is 0 Å². The van der Waals surface area contributed by atoms with Crippen LogP contribution in [-0.2, 0) is 6.42 Å². The van der Waals surface area contributed by atoms with Crippen molar-refractivity contribution in [1.29, 1.82) is 0 Å². The molecule has 0 aliphatic carbocycles. The summed E-state index contributed by atoms with van der Waals surface area (Å²) in [7, 11) is 0. The minimum Gasteiger partial charge on any atom is -0.384 e. The van der Waals surface area contributed by atoms with E-state index < -0.39 is 0 Å². The van der Waals surface area contributed by atoms with Crippen molar-refractivity contribution in [3.05, 3.63) is 53.7 Å². The number of hydrogen-bond acceptors (Lipinski definition) is 3. The highest BCUT2D eigenvalue weighted by molar-refractivity contribution is 5.45. The average Bonchev–Trinajstić information content (AvgIpc) is 2.34. The van der Waals surface area contributed by atoms with Crippen molar-refractivity contribution >= 4 is 11.5 Å². The number of nitrogen functional groups attached to an aromatic ring is 1. The Morgan fingerprint density at radius 2 is 2.00 bits per heavy atom. The predicted molar refractivity (Wildman–Crippen MR) is 72.0 cm³/mol. The Balaban J connectivity index is 1.88. The zero-order valence-electron chi connectivity index (χ0n) is 9.98. The van der Waals surface area contributed by atoms with Crippen LogP contribution in [0.3, 0.4) is 0 Å². The number of hydrogen-bond donors (Lipinski definition) is 2. The summed E-state index contributed by atoms with van der Waals surface area (Å²) in [6.45, 7) is 3.04. The highest BCUT2D eigenvalue weighted by Gasteiger charge is 1.97. The van der Waals surface area contributed by atoms with Gasteiger partial charge >= 0.3 is 0 Å². The number of anilines is 2. The van der Waals surface area contributed by atoms with Crippen molar-refractivity contribution in [2.75, 3.05) is 17.6 Å². The number of aryl methyl sites for hydroxylation is 1. The van der Waals surface area contributed by atoms with Gasteiger partial charge in [-0.3, -0.25) is 0 Å². The number of nitrogens with one attached hydrogen (secondary N) is 1. The first-order valence-electron chi connectivity index (χ1n) is 5.75. The minimum absolute atomic E-state index is 0.550.